The van der Waals surface area contributed by atoms with Crippen LogP contribution in [0.15, 0.2) is 29.2 Å². The van der Waals surface area contributed by atoms with E-state index >= 15 is 0 Å². The maximum atomic E-state index is 10.5. The van der Waals surface area contributed by atoms with Gasteiger partial charge in [0, 0.05) is 12.0 Å². The topological polar surface area (TPSA) is 49.4 Å². The number of hydrogen-bond donors (Lipinski definition) is 0. The molecule has 1 aromatic rings. The molecule has 1 aromatic carbocycles. The Labute approximate surface area is 108 Å². The molecule has 0 saturated carbocycles. The summed E-state index contributed by atoms with van der Waals surface area (Å²) in [5.41, 5.74) is 1.08. The van der Waals surface area contributed by atoms with Crippen molar-refractivity contribution in [2.45, 2.75) is 11.3 Å². The number of methoxy groups -OCH3 is 1. The molecular formula is C9H11NaO3S. The van der Waals surface area contributed by atoms with Gasteiger partial charge in [-0.15, -0.1) is 0 Å². The van der Waals surface area contributed by atoms with E-state index in [4.69, 9.17) is 4.74 Å². The second kappa shape index (κ2) is 7.56. The van der Waals surface area contributed by atoms with Crippen molar-refractivity contribution in [2.75, 3.05) is 13.7 Å². The second-order valence-corrected chi connectivity index (χ2v) is 3.56. The van der Waals surface area contributed by atoms with E-state index in [0.29, 0.717) is 11.5 Å². The summed E-state index contributed by atoms with van der Waals surface area (Å²) in [4.78, 5) is 0.321. The van der Waals surface area contributed by atoms with Crippen molar-refractivity contribution in [3.05, 3.63) is 29.8 Å². The van der Waals surface area contributed by atoms with Crippen molar-refractivity contribution in [3.63, 3.8) is 0 Å². The molecule has 72 valence electrons. The maximum Gasteiger partial charge on any atom is 1.00 e. The number of ether oxygens (including phenoxy) is 1. The van der Waals surface area contributed by atoms with Crippen molar-refractivity contribution in [3.8, 4) is 0 Å². The summed E-state index contributed by atoms with van der Waals surface area (Å²) in [6.45, 7) is 0.653. The molecule has 0 aliphatic rings. The predicted molar refractivity (Wildman–Crippen MR) is 49.2 cm³/mol. The summed E-state index contributed by atoms with van der Waals surface area (Å²) in [7, 11) is 1.64. The van der Waals surface area contributed by atoms with Crippen LogP contribution in [0.2, 0.25) is 0 Å². The largest absolute Gasteiger partial charge is 1.00 e. The summed E-state index contributed by atoms with van der Waals surface area (Å²) in [6, 6.07) is 6.77. The molecule has 0 saturated heterocycles. The molecule has 0 amide bonds. The molecule has 3 nitrogen and oxygen atoms in total. The maximum absolute atomic E-state index is 10.5. The first-order valence-electron chi connectivity index (χ1n) is 3.91. The van der Waals surface area contributed by atoms with Crippen molar-refractivity contribution >= 4 is 11.1 Å². The van der Waals surface area contributed by atoms with Crippen LogP contribution in [0.5, 0.6) is 0 Å². The molecule has 0 aliphatic carbocycles. The molecule has 0 aromatic heterocycles. The van der Waals surface area contributed by atoms with Gasteiger partial charge in [-0.2, -0.15) is 0 Å². The molecule has 14 heavy (non-hydrogen) atoms. The van der Waals surface area contributed by atoms with Gasteiger partial charge in [0.25, 0.3) is 0 Å². The first-order chi connectivity index (χ1) is 6.24. The van der Waals surface area contributed by atoms with Crippen LogP contribution in [0.3, 0.4) is 0 Å². The number of rotatable bonds is 4. The van der Waals surface area contributed by atoms with E-state index in [-0.39, 0.29) is 29.6 Å². The van der Waals surface area contributed by atoms with Crippen LogP contribution in [0.1, 0.15) is 5.56 Å². The standard InChI is InChI=1S/C9H12O3S.Na/c1-12-7-6-8-2-4-9(5-3-8)13(10)11;/h2-5H,6-7H2,1H3,(H,10,11);/q;+1/p-1. The molecule has 0 fully saturated rings. The van der Waals surface area contributed by atoms with E-state index in [9.17, 15) is 8.76 Å². The van der Waals surface area contributed by atoms with Crippen LogP contribution in [-0.2, 0) is 22.2 Å². The zero-order valence-corrected chi connectivity index (χ0v) is 11.2. The Morgan fingerprint density at radius 3 is 2.36 bits per heavy atom. The minimum Gasteiger partial charge on any atom is -0.768 e. The van der Waals surface area contributed by atoms with Gasteiger partial charge in [-0.1, -0.05) is 12.1 Å². The van der Waals surface area contributed by atoms with Crippen molar-refractivity contribution in [2.24, 2.45) is 0 Å². The van der Waals surface area contributed by atoms with Gasteiger partial charge in [-0.25, -0.2) is 0 Å². The average Bonchev–Trinajstić information content (AvgIpc) is 2.15. The molecule has 5 heteroatoms. The zero-order valence-electron chi connectivity index (χ0n) is 8.36. The Hall–Kier alpha value is 0.290. The molecule has 0 radical (unpaired) electrons. The van der Waals surface area contributed by atoms with Gasteiger partial charge in [0.2, 0.25) is 0 Å². The molecule has 0 heterocycles. The first-order valence-corrected chi connectivity index (χ1v) is 4.98. The summed E-state index contributed by atoms with van der Waals surface area (Å²) in [5.74, 6) is 0. The molecule has 0 spiro atoms. The fraction of sp³-hybridized carbons (Fsp3) is 0.333. The van der Waals surface area contributed by atoms with Gasteiger partial charge in [-0.3, -0.25) is 4.21 Å². The average molecular weight is 222 g/mol. The van der Waals surface area contributed by atoms with E-state index in [2.05, 4.69) is 0 Å². The molecule has 1 rings (SSSR count). The molecule has 0 aliphatic heterocycles. The van der Waals surface area contributed by atoms with Crippen LogP contribution in [0, 0.1) is 0 Å². The quantitative estimate of drug-likeness (QED) is 0.442. The molecular weight excluding hydrogens is 211 g/mol. The van der Waals surface area contributed by atoms with Crippen LogP contribution < -0.4 is 29.6 Å². The van der Waals surface area contributed by atoms with E-state index in [0.717, 1.165) is 12.0 Å². The van der Waals surface area contributed by atoms with Crippen LogP contribution in [0.4, 0.5) is 0 Å². The minimum atomic E-state index is -2.12. The van der Waals surface area contributed by atoms with Gasteiger partial charge >= 0.3 is 29.6 Å². The van der Waals surface area contributed by atoms with Crippen LogP contribution in [0.25, 0.3) is 0 Å². The first kappa shape index (κ1) is 14.3. The van der Waals surface area contributed by atoms with Gasteiger partial charge in [-0.05, 0) is 35.2 Å². The summed E-state index contributed by atoms with van der Waals surface area (Å²) < 4.78 is 25.9. The van der Waals surface area contributed by atoms with E-state index in [1.165, 1.54) is 0 Å². The number of benzene rings is 1. The monoisotopic (exact) mass is 222 g/mol. The smallest absolute Gasteiger partial charge is 0.768 e. The minimum absolute atomic E-state index is 0. The molecule has 1 unspecified atom stereocenters. The Kier molecular flexibility index (Phi) is 7.72. The third kappa shape index (κ3) is 4.68. The fourth-order valence-corrected chi connectivity index (χ4v) is 1.35. The number of hydrogen-bond acceptors (Lipinski definition) is 3. The molecule has 0 bridgehead atoms. The summed E-state index contributed by atoms with van der Waals surface area (Å²) in [6.07, 6.45) is 0.808. The fourth-order valence-electron chi connectivity index (χ4n) is 0.987. The normalized spacial score (nSPS) is 11.9. The Bertz CT molecular complexity index is 287. The van der Waals surface area contributed by atoms with Gasteiger partial charge in [0.1, 0.15) is 0 Å². The third-order valence-electron chi connectivity index (χ3n) is 1.71. The zero-order chi connectivity index (χ0) is 9.68. The second-order valence-electron chi connectivity index (χ2n) is 2.62. The Morgan fingerprint density at radius 2 is 1.93 bits per heavy atom. The van der Waals surface area contributed by atoms with Gasteiger partial charge < -0.3 is 9.29 Å². The Morgan fingerprint density at radius 1 is 1.36 bits per heavy atom. The SMILES string of the molecule is COCCc1ccc(S(=O)[O-])cc1.[Na+]. The predicted octanol–water partition coefficient (Wildman–Crippen LogP) is -1.88. The van der Waals surface area contributed by atoms with Crippen molar-refractivity contribution < 1.29 is 43.1 Å². The van der Waals surface area contributed by atoms with Gasteiger partial charge in [0.15, 0.2) is 0 Å². The van der Waals surface area contributed by atoms with Gasteiger partial charge in [0.05, 0.1) is 6.61 Å². The molecule has 1 atom stereocenters. The van der Waals surface area contributed by atoms with E-state index in [1.54, 1.807) is 31.4 Å². The van der Waals surface area contributed by atoms with Crippen LogP contribution >= 0.6 is 0 Å². The van der Waals surface area contributed by atoms with Crippen molar-refractivity contribution in [1.82, 2.24) is 0 Å². The van der Waals surface area contributed by atoms with E-state index in [1.807, 2.05) is 0 Å². The molecule has 0 N–H and O–H groups in total. The Balaban J connectivity index is 0.00000169. The summed E-state index contributed by atoms with van der Waals surface area (Å²) in [5, 5.41) is 0. The summed E-state index contributed by atoms with van der Waals surface area (Å²) >= 11 is -2.12. The van der Waals surface area contributed by atoms with E-state index < -0.39 is 11.1 Å². The van der Waals surface area contributed by atoms with Crippen LogP contribution in [-0.4, -0.2) is 22.5 Å². The van der Waals surface area contributed by atoms with Crippen molar-refractivity contribution in [1.29, 1.82) is 0 Å². The third-order valence-corrected chi connectivity index (χ3v) is 2.37.